The number of urea groups is 1. The Morgan fingerprint density at radius 3 is 2.71 bits per heavy atom. The van der Waals surface area contributed by atoms with Crippen molar-refractivity contribution in [3.8, 4) is 0 Å². The summed E-state index contributed by atoms with van der Waals surface area (Å²) in [7, 11) is 0. The van der Waals surface area contributed by atoms with E-state index >= 15 is 0 Å². The van der Waals surface area contributed by atoms with Gasteiger partial charge in [-0.3, -0.25) is 9.69 Å². The van der Waals surface area contributed by atoms with Crippen molar-refractivity contribution >= 4 is 33.6 Å². The average Bonchev–Trinajstić information content (AvgIpc) is 2.56. The highest BCUT2D eigenvalue weighted by Crippen LogP contribution is 2.19. The van der Waals surface area contributed by atoms with Crippen LogP contribution in [0.25, 0.3) is 0 Å². The second-order valence-electron chi connectivity index (χ2n) is 5.57. The summed E-state index contributed by atoms with van der Waals surface area (Å²) in [5.74, 6) is -0.260. The maximum absolute atomic E-state index is 11.9. The number of amides is 3. The topological polar surface area (TPSA) is 82.7 Å². The number of rotatable bonds is 6. The summed E-state index contributed by atoms with van der Waals surface area (Å²) in [6, 6.07) is 5.25. The summed E-state index contributed by atoms with van der Waals surface area (Å²) in [6.07, 6.45) is 0. The molecule has 3 amide bonds. The number of ether oxygens (including phenoxy) is 1. The van der Waals surface area contributed by atoms with Gasteiger partial charge in [-0.25, -0.2) is 4.79 Å². The van der Waals surface area contributed by atoms with Crippen LogP contribution < -0.4 is 16.0 Å². The van der Waals surface area contributed by atoms with Gasteiger partial charge in [-0.15, -0.1) is 0 Å². The Morgan fingerprint density at radius 1 is 1.25 bits per heavy atom. The van der Waals surface area contributed by atoms with Gasteiger partial charge in [0.2, 0.25) is 5.91 Å². The SMILES string of the molecule is Cc1cc(Br)ccc1NC(=O)CNC(=O)NCCN1CCOCC1. The zero-order valence-electron chi connectivity index (χ0n) is 13.7. The van der Waals surface area contributed by atoms with Crippen molar-refractivity contribution in [2.45, 2.75) is 6.92 Å². The summed E-state index contributed by atoms with van der Waals surface area (Å²) in [4.78, 5) is 25.8. The van der Waals surface area contributed by atoms with Crippen molar-refractivity contribution in [1.82, 2.24) is 15.5 Å². The van der Waals surface area contributed by atoms with Crippen LogP contribution in [0.5, 0.6) is 0 Å². The lowest BCUT2D eigenvalue weighted by molar-refractivity contribution is -0.115. The first kappa shape index (κ1) is 18.7. The maximum atomic E-state index is 11.9. The minimum Gasteiger partial charge on any atom is -0.379 e. The van der Waals surface area contributed by atoms with Gasteiger partial charge in [-0.1, -0.05) is 15.9 Å². The molecule has 0 radical (unpaired) electrons. The van der Waals surface area contributed by atoms with Gasteiger partial charge in [0.15, 0.2) is 0 Å². The molecule has 1 heterocycles. The molecule has 7 nitrogen and oxygen atoms in total. The van der Waals surface area contributed by atoms with Crippen LogP contribution in [-0.4, -0.2) is 62.8 Å². The summed E-state index contributed by atoms with van der Waals surface area (Å²) in [5, 5.41) is 8.08. The molecule has 2 rings (SSSR count). The lowest BCUT2D eigenvalue weighted by atomic mass is 10.2. The Kier molecular flexibility index (Phi) is 7.48. The third-order valence-electron chi connectivity index (χ3n) is 3.69. The van der Waals surface area contributed by atoms with Crippen LogP contribution in [0.1, 0.15) is 5.56 Å². The summed E-state index contributed by atoms with van der Waals surface area (Å²) in [6.45, 7) is 6.41. The van der Waals surface area contributed by atoms with E-state index in [9.17, 15) is 9.59 Å². The molecule has 132 valence electrons. The van der Waals surface area contributed by atoms with Gasteiger partial charge in [0, 0.05) is 36.3 Å². The number of hydrogen-bond donors (Lipinski definition) is 3. The van der Waals surface area contributed by atoms with Crippen LogP contribution >= 0.6 is 15.9 Å². The molecular formula is C16H23BrN4O3. The second kappa shape index (κ2) is 9.61. The molecule has 0 saturated carbocycles. The highest BCUT2D eigenvalue weighted by atomic mass is 79.9. The number of aryl methyl sites for hydroxylation is 1. The van der Waals surface area contributed by atoms with E-state index in [0.717, 1.165) is 48.6 Å². The molecule has 8 heteroatoms. The fourth-order valence-electron chi connectivity index (χ4n) is 2.34. The Hall–Kier alpha value is -1.64. The van der Waals surface area contributed by atoms with Gasteiger partial charge in [0.25, 0.3) is 0 Å². The van der Waals surface area contributed by atoms with Gasteiger partial charge in [-0.05, 0) is 30.7 Å². The Bertz CT molecular complexity index is 576. The Balaban J connectivity index is 1.62. The van der Waals surface area contributed by atoms with Gasteiger partial charge in [0.1, 0.15) is 0 Å². The molecule has 1 aliphatic heterocycles. The number of hydrogen-bond acceptors (Lipinski definition) is 4. The summed E-state index contributed by atoms with van der Waals surface area (Å²) < 4.78 is 6.22. The molecule has 0 bridgehead atoms. The van der Waals surface area contributed by atoms with E-state index in [1.807, 2.05) is 25.1 Å². The van der Waals surface area contributed by atoms with E-state index < -0.39 is 0 Å². The van der Waals surface area contributed by atoms with Crippen LogP contribution in [0.15, 0.2) is 22.7 Å². The molecule has 1 aromatic carbocycles. The monoisotopic (exact) mass is 398 g/mol. The van der Waals surface area contributed by atoms with Crippen molar-refractivity contribution < 1.29 is 14.3 Å². The maximum Gasteiger partial charge on any atom is 0.315 e. The normalized spacial score (nSPS) is 14.9. The van der Waals surface area contributed by atoms with Crippen molar-refractivity contribution in [2.75, 3.05) is 51.3 Å². The van der Waals surface area contributed by atoms with E-state index in [1.165, 1.54) is 0 Å². The fraction of sp³-hybridized carbons (Fsp3) is 0.500. The molecule has 1 fully saturated rings. The van der Waals surface area contributed by atoms with E-state index in [1.54, 1.807) is 0 Å². The van der Waals surface area contributed by atoms with Gasteiger partial charge in [-0.2, -0.15) is 0 Å². The molecule has 0 unspecified atom stereocenters. The molecule has 24 heavy (non-hydrogen) atoms. The van der Waals surface area contributed by atoms with Crippen LogP contribution in [0.4, 0.5) is 10.5 Å². The van der Waals surface area contributed by atoms with Crippen LogP contribution in [0, 0.1) is 6.92 Å². The molecule has 0 atom stereocenters. The number of halogens is 1. The lowest BCUT2D eigenvalue weighted by Crippen LogP contribution is -2.45. The zero-order valence-corrected chi connectivity index (χ0v) is 15.3. The number of carbonyl (C=O) groups excluding carboxylic acids is 2. The first-order valence-corrected chi connectivity index (χ1v) is 8.71. The zero-order chi connectivity index (χ0) is 17.4. The number of nitrogens with zero attached hydrogens (tertiary/aromatic N) is 1. The number of anilines is 1. The fourth-order valence-corrected chi connectivity index (χ4v) is 2.81. The molecule has 1 saturated heterocycles. The quantitative estimate of drug-likeness (QED) is 0.674. The highest BCUT2D eigenvalue weighted by Gasteiger charge is 2.11. The largest absolute Gasteiger partial charge is 0.379 e. The number of carbonyl (C=O) groups is 2. The van der Waals surface area contributed by atoms with E-state index in [-0.39, 0.29) is 18.5 Å². The molecule has 1 aromatic rings. The minimum atomic E-state index is -0.342. The lowest BCUT2D eigenvalue weighted by Gasteiger charge is -2.26. The van der Waals surface area contributed by atoms with E-state index in [2.05, 4.69) is 36.8 Å². The Morgan fingerprint density at radius 2 is 2.00 bits per heavy atom. The molecular weight excluding hydrogens is 376 g/mol. The Labute approximate surface area is 150 Å². The predicted molar refractivity (Wildman–Crippen MR) is 96.2 cm³/mol. The second-order valence-corrected chi connectivity index (χ2v) is 6.49. The first-order chi connectivity index (χ1) is 11.5. The highest BCUT2D eigenvalue weighted by molar-refractivity contribution is 9.10. The van der Waals surface area contributed by atoms with Crippen molar-refractivity contribution in [1.29, 1.82) is 0 Å². The van der Waals surface area contributed by atoms with Gasteiger partial charge in [0.05, 0.1) is 19.8 Å². The number of nitrogens with one attached hydrogen (secondary N) is 3. The first-order valence-electron chi connectivity index (χ1n) is 7.92. The van der Waals surface area contributed by atoms with Gasteiger partial charge < -0.3 is 20.7 Å². The molecule has 3 N–H and O–H groups in total. The van der Waals surface area contributed by atoms with Crippen LogP contribution in [-0.2, 0) is 9.53 Å². The van der Waals surface area contributed by atoms with Crippen molar-refractivity contribution in [3.05, 3.63) is 28.2 Å². The number of benzene rings is 1. The standard InChI is InChI=1S/C16H23BrN4O3/c1-12-10-13(17)2-3-14(12)20-15(22)11-19-16(23)18-4-5-21-6-8-24-9-7-21/h2-3,10H,4-9,11H2,1H3,(H,20,22)(H2,18,19,23). The van der Waals surface area contributed by atoms with E-state index in [4.69, 9.17) is 4.74 Å². The van der Waals surface area contributed by atoms with Crippen molar-refractivity contribution in [3.63, 3.8) is 0 Å². The molecule has 1 aliphatic rings. The van der Waals surface area contributed by atoms with Gasteiger partial charge >= 0.3 is 6.03 Å². The summed E-state index contributed by atoms with van der Waals surface area (Å²) >= 11 is 3.38. The minimum absolute atomic E-state index is 0.0705. The third kappa shape index (κ3) is 6.46. The molecule has 0 aliphatic carbocycles. The molecule has 0 aromatic heterocycles. The number of morpholine rings is 1. The molecule has 0 spiro atoms. The third-order valence-corrected chi connectivity index (χ3v) is 4.18. The van der Waals surface area contributed by atoms with E-state index in [0.29, 0.717) is 6.54 Å². The predicted octanol–water partition coefficient (Wildman–Crippen LogP) is 1.33. The van der Waals surface area contributed by atoms with Crippen LogP contribution in [0.2, 0.25) is 0 Å². The smallest absolute Gasteiger partial charge is 0.315 e. The van der Waals surface area contributed by atoms with Crippen LogP contribution in [0.3, 0.4) is 0 Å². The average molecular weight is 399 g/mol. The summed E-state index contributed by atoms with van der Waals surface area (Å²) in [5.41, 5.74) is 1.69. The van der Waals surface area contributed by atoms with Crippen molar-refractivity contribution in [2.24, 2.45) is 0 Å².